The highest BCUT2D eigenvalue weighted by Gasteiger charge is 2.58. The van der Waals surface area contributed by atoms with Crippen LogP contribution in [0.15, 0.2) is 0 Å². The molecular formula is C15H30N6O12. The van der Waals surface area contributed by atoms with Gasteiger partial charge in [-0.3, -0.25) is 9.80 Å². The number of ether oxygens (including phenoxy) is 4. The minimum Gasteiger partial charge on any atom is -0.376 e. The van der Waals surface area contributed by atoms with Gasteiger partial charge in [0.05, 0.1) is 14.2 Å². The van der Waals surface area contributed by atoms with Crippen molar-refractivity contribution in [3.05, 3.63) is 0 Å². The van der Waals surface area contributed by atoms with Crippen molar-refractivity contribution in [1.82, 2.24) is 15.0 Å². The van der Waals surface area contributed by atoms with E-state index < -0.39 is 45.1 Å². The predicted octanol–water partition coefficient (Wildman–Crippen LogP) is -2.95. The molecule has 0 aliphatic rings. The van der Waals surface area contributed by atoms with Crippen molar-refractivity contribution in [3.8, 4) is 0 Å². The summed E-state index contributed by atoms with van der Waals surface area (Å²) in [6, 6.07) is 0. The largest absolute Gasteiger partial charge is 0.412 e. The lowest BCUT2D eigenvalue weighted by molar-refractivity contribution is -0.547. The van der Waals surface area contributed by atoms with Gasteiger partial charge in [-0.25, -0.2) is 9.78 Å². The summed E-state index contributed by atoms with van der Waals surface area (Å²) in [6.45, 7) is -2.89. The van der Waals surface area contributed by atoms with Crippen LogP contribution in [0.4, 0.5) is 17.8 Å². The van der Waals surface area contributed by atoms with E-state index in [1.165, 1.54) is 0 Å². The number of aliphatic hydroxyl groups excluding tert-OH is 4. The molecule has 1 aromatic heterocycles. The van der Waals surface area contributed by atoms with Crippen LogP contribution in [-0.2, 0) is 38.5 Å². The Kier molecular flexibility index (Phi) is 11.9. The summed E-state index contributed by atoms with van der Waals surface area (Å²) in [4.78, 5) is 34.7. The normalized spacial score (nSPS) is 12.2. The van der Waals surface area contributed by atoms with E-state index in [0.29, 0.717) is 0 Å². The van der Waals surface area contributed by atoms with Gasteiger partial charge in [-0.2, -0.15) is 19.9 Å². The summed E-state index contributed by atoms with van der Waals surface area (Å²) in [7, 11) is 6.91. The lowest BCUT2D eigenvalue weighted by atomic mass is 10.5. The summed E-state index contributed by atoms with van der Waals surface area (Å²) in [6.07, 6.45) is -4.77. The third-order valence-electron chi connectivity index (χ3n) is 4.01. The molecular weight excluding hydrogens is 456 g/mol. The molecule has 0 aliphatic heterocycles. The molecule has 0 saturated carbocycles. The Labute approximate surface area is 189 Å². The highest BCUT2D eigenvalue weighted by Crippen LogP contribution is 2.36. The Morgan fingerprint density at radius 1 is 0.576 bits per heavy atom. The molecule has 0 amide bonds. The van der Waals surface area contributed by atoms with Crippen LogP contribution in [0.3, 0.4) is 0 Å². The highest BCUT2D eigenvalue weighted by molar-refractivity contribution is 5.47. The Hall–Kier alpha value is -2.07. The minimum absolute atomic E-state index is 0.325. The average molecular weight is 486 g/mol. The maximum Gasteiger partial charge on any atom is 0.412 e. The first-order chi connectivity index (χ1) is 15.9. The van der Waals surface area contributed by atoms with E-state index >= 15 is 0 Å². The molecule has 0 aromatic carbocycles. The van der Waals surface area contributed by atoms with Gasteiger partial charge in [-0.05, 0) is 0 Å². The van der Waals surface area contributed by atoms with Gasteiger partial charge in [0, 0.05) is 28.4 Å². The molecule has 1 heterocycles. The fraction of sp³-hybridized carbons (Fsp3) is 0.800. The molecule has 0 radical (unpaired) electrons. The number of hydrogen-bond acceptors (Lipinski definition) is 18. The van der Waals surface area contributed by atoms with Crippen LogP contribution in [-0.4, -0.2) is 117 Å². The van der Waals surface area contributed by atoms with Crippen LogP contribution in [0.5, 0.6) is 0 Å². The summed E-state index contributed by atoms with van der Waals surface area (Å²) in [5, 5.41) is 38.3. The number of aliphatic hydroxyl groups is 4. The van der Waals surface area contributed by atoms with Crippen LogP contribution in [0.25, 0.3) is 0 Å². The lowest BCUT2D eigenvalue weighted by Gasteiger charge is -2.45. The molecule has 0 spiro atoms. The molecule has 18 heteroatoms. The maximum atomic E-state index is 9.58. The van der Waals surface area contributed by atoms with Gasteiger partial charge in [-0.15, -0.1) is 9.78 Å². The van der Waals surface area contributed by atoms with Gasteiger partial charge in [0.15, 0.2) is 0 Å². The van der Waals surface area contributed by atoms with Crippen LogP contribution in [0.1, 0.15) is 0 Å². The summed E-state index contributed by atoms with van der Waals surface area (Å²) in [5.41, 5.74) is 0. The van der Waals surface area contributed by atoms with Crippen molar-refractivity contribution in [1.29, 1.82) is 0 Å². The van der Waals surface area contributed by atoms with E-state index in [9.17, 15) is 20.4 Å². The van der Waals surface area contributed by atoms with Crippen molar-refractivity contribution in [2.24, 2.45) is 0 Å². The second-order valence-electron chi connectivity index (χ2n) is 5.58. The van der Waals surface area contributed by atoms with Crippen molar-refractivity contribution >= 4 is 17.8 Å². The summed E-state index contributed by atoms with van der Waals surface area (Å²) in [5.74, 6) is -1.13. The first-order valence-electron chi connectivity index (χ1n) is 9.00. The zero-order chi connectivity index (χ0) is 25.1. The molecule has 0 bridgehead atoms. The molecule has 1 rings (SSSR count). The fourth-order valence-electron chi connectivity index (χ4n) is 2.43. The second-order valence-corrected chi connectivity index (χ2v) is 5.58. The van der Waals surface area contributed by atoms with Crippen molar-refractivity contribution in [2.75, 3.05) is 84.3 Å². The summed E-state index contributed by atoms with van der Waals surface area (Å²) >= 11 is 0. The number of rotatable bonds is 17. The Bertz CT molecular complexity index is 635. The van der Waals surface area contributed by atoms with Gasteiger partial charge in [0.2, 0.25) is 17.8 Å². The fourth-order valence-corrected chi connectivity index (χ4v) is 2.43. The van der Waals surface area contributed by atoms with E-state index in [2.05, 4.69) is 15.0 Å². The third kappa shape index (κ3) is 6.09. The molecule has 18 nitrogen and oxygen atoms in total. The van der Waals surface area contributed by atoms with Gasteiger partial charge in [0.25, 0.3) is 0 Å². The van der Waals surface area contributed by atoms with Gasteiger partial charge in [-0.1, -0.05) is 0 Å². The number of aromatic nitrogens is 3. The molecule has 1 aromatic rings. The van der Waals surface area contributed by atoms with Crippen LogP contribution < -0.4 is 14.7 Å². The quantitative estimate of drug-likeness (QED) is 0.0987. The molecule has 0 fully saturated rings. The van der Waals surface area contributed by atoms with E-state index in [1.807, 2.05) is 0 Å². The number of nitrogens with zero attached hydrogens (tertiary/aromatic N) is 6. The van der Waals surface area contributed by atoms with E-state index in [4.69, 9.17) is 38.5 Å². The number of anilines is 3. The third-order valence-corrected chi connectivity index (χ3v) is 4.01. The Morgan fingerprint density at radius 3 is 1.12 bits per heavy atom. The van der Waals surface area contributed by atoms with Crippen molar-refractivity contribution in [3.63, 3.8) is 0 Å². The van der Waals surface area contributed by atoms with Crippen LogP contribution in [0, 0.1) is 0 Å². The second kappa shape index (κ2) is 13.6. The zero-order valence-electron chi connectivity index (χ0n) is 19.1. The SMILES string of the molecule is COOC(OC)(OC)N(c1nc(N(CO)CO)nc(N(CO)CO)n1)C(OC)(OC)OOC. The topological polar surface area (TPSA) is 203 Å². The van der Waals surface area contributed by atoms with Crippen molar-refractivity contribution in [2.45, 2.75) is 12.2 Å². The van der Waals surface area contributed by atoms with Crippen LogP contribution in [0.2, 0.25) is 0 Å². The monoisotopic (exact) mass is 486 g/mol. The Balaban J connectivity index is 4.02. The molecule has 4 N–H and O–H groups in total. The number of hydrogen-bond donors (Lipinski definition) is 4. The molecule has 0 aliphatic carbocycles. The highest BCUT2D eigenvalue weighted by atomic mass is 17.3. The molecule has 0 saturated heterocycles. The first kappa shape index (κ1) is 29.0. The zero-order valence-corrected chi connectivity index (χ0v) is 19.1. The van der Waals surface area contributed by atoms with Gasteiger partial charge < -0.3 is 39.4 Å². The van der Waals surface area contributed by atoms with E-state index in [0.717, 1.165) is 57.4 Å². The Morgan fingerprint density at radius 2 is 0.879 bits per heavy atom. The average Bonchev–Trinajstić information content (AvgIpc) is 2.84. The molecule has 0 unspecified atom stereocenters. The predicted molar refractivity (Wildman–Crippen MR) is 105 cm³/mol. The first-order valence-corrected chi connectivity index (χ1v) is 9.00. The van der Waals surface area contributed by atoms with E-state index in [-0.39, 0.29) is 11.9 Å². The minimum atomic E-state index is -2.39. The maximum absolute atomic E-state index is 9.58. The van der Waals surface area contributed by atoms with Crippen molar-refractivity contribution < 1.29 is 58.9 Å². The molecule has 33 heavy (non-hydrogen) atoms. The van der Waals surface area contributed by atoms with E-state index in [1.54, 1.807) is 0 Å². The van der Waals surface area contributed by atoms with Crippen LogP contribution >= 0.6 is 0 Å². The number of methoxy groups -OCH3 is 4. The van der Waals surface area contributed by atoms with Gasteiger partial charge >= 0.3 is 12.2 Å². The van der Waals surface area contributed by atoms with Gasteiger partial charge in [0.1, 0.15) is 26.9 Å². The molecule has 0 atom stereocenters. The lowest BCUT2D eigenvalue weighted by Crippen LogP contribution is -2.67. The smallest absolute Gasteiger partial charge is 0.376 e. The standard InChI is InChI=1S/C15H30N6O12/c1-26-14(27-2,32-30-5)21(15(28-3,29-4)33-31-6)13-17-11(19(7-22)8-23)16-12(18-13)20(9-24)10-25/h22-25H,7-10H2,1-6H3. The molecule has 192 valence electrons. The summed E-state index contributed by atoms with van der Waals surface area (Å²) < 4.78 is 21.4.